The number of aromatic nitrogens is 3. The molecule has 9 heteroatoms. The van der Waals surface area contributed by atoms with Gasteiger partial charge in [0, 0.05) is 24.3 Å². The summed E-state index contributed by atoms with van der Waals surface area (Å²) in [6.07, 6.45) is 3.47. The van der Waals surface area contributed by atoms with Gasteiger partial charge in [-0.25, -0.2) is 9.31 Å². The molecule has 0 unspecified atom stereocenters. The van der Waals surface area contributed by atoms with Crippen molar-refractivity contribution in [1.82, 2.24) is 14.6 Å². The number of benzene rings is 2. The highest BCUT2D eigenvalue weighted by molar-refractivity contribution is 5.80. The number of nitrogens with one attached hydrogen (secondary N) is 1. The van der Waals surface area contributed by atoms with Crippen molar-refractivity contribution in [3.05, 3.63) is 77.9 Å². The number of ether oxygens (including phenoxy) is 1. The van der Waals surface area contributed by atoms with Crippen molar-refractivity contribution in [2.45, 2.75) is 32.0 Å². The monoisotopic (exact) mass is 482 g/mol. The second kappa shape index (κ2) is 10.5. The van der Waals surface area contributed by atoms with Crippen molar-refractivity contribution < 1.29 is 14.6 Å². The molecule has 2 N–H and O–H groups in total. The van der Waals surface area contributed by atoms with Crippen molar-refractivity contribution >= 4 is 23.4 Å². The Morgan fingerprint density at radius 3 is 2.42 bits per heavy atom. The summed E-state index contributed by atoms with van der Waals surface area (Å²) < 4.78 is 7.59. The van der Waals surface area contributed by atoms with Gasteiger partial charge in [0.2, 0.25) is 0 Å². The maximum absolute atomic E-state index is 10.9. The van der Waals surface area contributed by atoms with E-state index in [-0.39, 0.29) is 12.1 Å². The second-order valence-corrected chi connectivity index (χ2v) is 8.80. The highest BCUT2D eigenvalue weighted by Crippen LogP contribution is 2.27. The van der Waals surface area contributed by atoms with E-state index in [0.29, 0.717) is 17.8 Å². The molecule has 182 valence electrons. The van der Waals surface area contributed by atoms with E-state index >= 15 is 0 Å². The normalized spacial score (nSPS) is 14.4. The number of amides is 1. The van der Waals surface area contributed by atoms with E-state index in [2.05, 4.69) is 38.5 Å². The van der Waals surface area contributed by atoms with Crippen LogP contribution in [-0.4, -0.2) is 45.0 Å². The summed E-state index contributed by atoms with van der Waals surface area (Å²) in [5.41, 5.74) is 5.14. The van der Waals surface area contributed by atoms with Crippen LogP contribution in [0.5, 0.6) is 0 Å². The highest BCUT2D eigenvalue weighted by Gasteiger charge is 2.27. The summed E-state index contributed by atoms with van der Waals surface area (Å²) in [7, 11) is 0. The molecule has 1 saturated heterocycles. The van der Waals surface area contributed by atoms with E-state index < -0.39 is 6.09 Å². The fraction of sp³-hybridized carbons (Fsp3) is 0.259. The zero-order valence-corrected chi connectivity index (χ0v) is 19.7. The Hall–Kier alpha value is -4.42. The largest absolute Gasteiger partial charge is 0.465 e. The molecule has 1 aliphatic heterocycles. The van der Waals surface area contributed by atoms with E-state index in [0.717, 1.165) is 35.6 Å². The number of hydrogen-bond donors (Lipinski definition) is 2. The lowest BCUT2D eigenvalue weighted by molar-refractivity contribution is 0.0224. The summed E-state index contributed by atoms with van der Waals surface area (Å²) in [5, 5.41) is 24.2. The molecule has 36 heavy (non-hydrogen) atoms. The van der Waals surface area contributed by atoms with Crippen molar-refractivity contribution in [3.8, 4) is 17.3 Å². The van der Waals surface area contributed by atoms with Crippen LogP contribution in [0.1, 0.15) is 30.4 Å². The number of rotatable bonds is 6. The van der Waals surface area contributed by atoms with Crippen molar-refractivity contribution in [2.75, 3.05) is 23.3 Å². The minimum Gasteiger partial charge on any atom is -0.465 e. The van der Waals surface area contributed by atoms with Gasteiger partial charge in [-0.05, 0) is 42.0 Å². The van der Waals surface area contributed by atoms with Crippen LogP contribution in [-0.2, 0) is 11.3 Å². The lowest BCUT2D eigenvalue weighted by Crippen LogP contribution is -2.52. The number of hydrogen-bond acceptors (Lipinski definition) is 6. The first-order valence-electron chi connectivity index (χ1n) is 11.9. The number of nitriles is 1. The molecule has 0 radical (unpaired) electrons. The molecule has 0 spiro atoms. The Kier molecular flexibility index (Phi) is 6.78. The Morgan fingerprint density at radius 2 is 1.78 bits per heavy atom. The van der Waals surface area contributed by atoms with Gasteiger partial charge in [0.25, 0.3) is 5.95 Å². The van der Waals surface area contributed by atoms with Gasteiger partial charge < -0.3 is 14.7 Å². The molecule has 6 rings (SSSR count). The molecular weight excluding hydrogens is 456 g/mol. The average Bonchev–Trinajstić information content (AvgIpc) is 3.69. The van der Waals surface area contributed by atoms with Crippen LogP contribution in [0.3, 0.4) is 0 Å². The molecule has 1 saturated carbocycles. The molecule has 0 bridgehead atoms. The molecule has 2 fully saturated rings. The minimum atomic E-state index is -1.20. The molecular formula is C27H26N6O3. The maximum Gasteiger partial charge on any atom is 0.411 e. The first kappa shape index (κ1) is 23.3. The molecule has 1 amide bonds. The van der Waals surface area contributed by atoms with Crippen LogP contribution in [0.25, 0.3) is 16.9 Å². The van der Waals surface area contributed by atoms with Crippen LogP contribution < -0.4 is 10.2 Å². The maximum atomic E-state index is 10.9. The summed E-state index contributed by atoms with van der Waals surface area (Å²) in [6, 6.07) is 23.3. The minimum absolute atomic E-state index is 0.0409. The third-order valence-electron chi connectivity index (χ3n) is 5.88. The molecule has 3 heterocycles. The fourth-order valence-corrected chi connectivity index (χ4v) is 3.76. The standard InChI is InChI=1S/C24H20N6O3.C3H6/c25-12-16-4-6-17(7-5-16)15-33-20-13-29(14-20)19-10-8-18(9-11-19)21-2-1-3-22-26-23(27-24(31)32)28-30(21)22;1-2-3-1/h1-11,20H,13-15H2,(H,27,28)(H,31,32);1-3H2. The third-order valence-corrected chi connectivity index (χ3v) is 5.88. The summed E-state index contributed by atoms with van der Waals surface area (Å²) in [5.74, 6) is 0.0409. The van der Waals surface area contributed by atoms with Crippen LogP contribution in [0, 0.1) is 11.3 Å². The Labute approximate surface area is 208 Å². The van der Waals surface area contributed by atoms with Crippen LogP contribution in [0.15, 0.2) is 66.7 Å². The molecule has 0 atom stereocenters. The predicted octanol–water partition coefficient (Wildman–Crippen LogP) is 4.93. The predicted molar refractivity (Wildman–Crippen MR) is 136 cm³/mol. The van der Waals surface area contributed by atoms with Gasteiger partial charge >= 0.3 is 6.09 Å². The number of pyridine rings is 1. The molecule has 9 nitrogen and oxygen atoms in total. The van der Waals surface area contributed by atoms with Gasteiger partial charge in [0.15, 0.2) is 5.65 Å². The van der Waals surface area contributed by atoms with E-state index in [9.17, 15) is 4.79 Å². The molecule has 2 aliphatic rings. The zero-order chi connectivity index (χ0) is 24.9. The number of anilines is 2. The van der Waals surface area contributed by atoms with Gasteiger partial charge in [-0.3, -0.25) is 5.32 Å². The van der Waals surface area contributed by atoms with E-state index in [1.165, 1.54) is 19.3 Å². The molecule has 4 aromatic rings. The van der Waals surface area contributed by atoms with Gasteiger partial charge in [0.05, 0.1) is 30.0 Å². The topological polar surface area (TPSA) is 116 Å². The van der Waals surface area contributed by atoms with Gasteiger partial charge in [-0.2, -0.15) is 10.2 Å². The van der Waals surface area contributed by atoms with Crippen molar-refractivity contribution in [3.63, 3.8) is 0 Å². The lowest BCUT2D eigenvalue weighted by Gasteiger charge is -2.40. The number of carboxylic acid groups (broad SMARTS) is 1. The molecule has 1 aliphatic carbocycles. The smallest absolute Gasteiger partial charge is 0.411 e. The van der Waals surface area contributed by atoms with E-state index in [4.69, 9.17) is 15.1 Å². The summed E-state index contributed by atoms with van der Waals surface area (Å²) in [4.78, 5) is 17.3. The second-order valence-electron chi connectivity index (χ2n) is 8.80. The average molecular weight is 483 g/mol. The van der Waals surface area contributed by atoms with Gasteiger partial charge in [-0.1, -0.05) is 49.6 Å². The SMILES string of the molecule is C1CC1.N#Cc1ccc(COC2CN(c3ccc(-c4cccc5nc(NC(=O)O)nn45)cc3)C2)cc1. The molecule has 2 aromatic heterocycles. The summed E-state index contributed by atoms with van der Waals surface area (Å²) >= 11 is 0. The number of fused-ring (bicyclic) bond motifs is 1. The Morgan fingerprint density at radius 1 is 1.06 bits per heavy atom. The van der Waals surface area contributed by atoms with Crippen LogP contribution in [0.4, 0.5) is 16.4 Å². The first-order valence-corrected chi connectivity index (χ1v) is 11.9. The van der Waals surface area contributed by atoms with Crippen LogP contribution in [0.2, 0.25) is 0 Å². The third kappa shape index (κ3) is 5.62. The van der Waals surface area contributed by atoms with Gasteiger partial charge in [0.1, 0.15) is 0 Å². The van der Waals surface area contributed by atoms with Crippen molar-refractivity contribution in [1.29, 1.82) is 5.26 Å². The zero-order valence-electron chi connectivity index (χ0n) is 19.7. The number of carbonyl (C=O) groups is 1. The van der Waals surface area contributed by atoms with Gasteiger partial charge in [-0.15, -0.1) is 5.10 Å². The van der Waals surface area contributed by atoms with E-state index in [1.807, 2.05) is 36.4 Å². The Bertz CT molecular complexity index is 1380. The highest BCUT2D eigenvalue weighted by atomic mass is 16.5. The fourth-order valence-electron chi connectivity index (χ4n) is 3.76. The summed E-state index contributed by atoms with van der Waals surface area (Å²) in [6.45, 7) is 2.17. The van der Waals surface area contributed by atoms with E-state index in [1.54, 1.807) is 22.7 Å². The first-order chi connectivity index (χ1) is 17.6. The quantitative estimate of drug-likeness (QED) is 0.400. The molecule has 2 aromatic carbocycles. The number of nitrogens with zero attached hydrogens (tertiary/aromatic N) is 5. The van der Waals surface area contributed by atoms with Crippen LogP contribution >= 0.6 is 0 Å². The van der Waals surface area contributed by atoms with Crippen molar-refractivity contribution in [2.24, 2.45) is 0 Å². The lowest BCUT2D eigenvalue weighted by atomic mass is 10.1. The Balaban J connectivity index is 0.000000828.